The summed E-state index contributed by atoms with van der Waals surface area (Å²) in [6, 6.07) is 0. The van der Waals surface area contributed by atoms with Gasteiger partial charge in [0.2, 0.25) is 0 Å². The summed E-state index contributed by atoms with van der Waals surface area (Å²) in [5, 5.41) is 32.9. The number of aliphatic carboxylic acids is 2. The minimum atomic E-state index is -0.741. The van der Waals surface area contributed by atoms with E-state index in [1.165, 1.54) is 0 Å². The third kappa shape index (κ3) is 92.7. The number of rotatable bonds is 5. The molecule has 0 saturated heterocycles. The lowest BCUT2D eigenvalue weighted by Gasteiger charge is -2.01. The summed E-state index contributed by atoms with van der Waals surface area (Å²) in [6.45, 7) is 8.55. The minimum Gasteiger partial charge on any atom is -0.481 e. The molecule has 0 spiro atoms. The predicted molar refractivity (Wildman–Crippen MR) is 112 cm³/mol. The summed E-state index contributed by atoms with van der Waals surface area (Å²) in [5.74, 6) is -1.94. The second-order valence-corrected chi connectivity index (χ2v) is 7.24. The molecule has 0 rings (SSSR count). The lowest BCUT2D eigenvalue weighted by Crippen LogP contribution is -2.05. The van der Waals surface area contributed by atoms with Gasteiger partial charge in [-0.25, -0.2) is 0 Å². The lowest BCUT2D eigenvalue weighted by atomic mass is 10.2. The van der Waals surface area contributed by atoms with Crippen molar-refractivity contribution in [1.29, 1.82) is 0 Å². The van der Waals surface area contributed by atoms with Crippen molar-refractivity contribution < 1.29 is 30.0 Å². The number of carboxylic acid groups (broad SMARTS) is 2. The van der Waals surface area contributed by atoms with Crippen LogP contribution in [-0.2, 0) is 9.59 Å². The Morgan fingerprint density at radius 2 is 0.963 bits per heavy atom. The average Bonchev–Trinajstić information content (AvgIpc) is 2.47. The molecule has 0 aromatic rings. The van der Waals surface area contributed by atoms with E-state index < -0.39 is 11.9 Å². The third-order valence-electron chi connectivity index (χ3n) is 1.92. The first-order valence-corrected chi connectivity index (χ1v) is 9.02. The van der Waals surface area contributed by atoms with Gasteiger partial charge < -0.3 is 30.2 Å². The van der Waals surface area contributed by atoms with Crippen molar-refractivity contribution in [3.8, 4) is 0 Å². The summed E-state index contributed by atoms with van der Waals surface area (Å²) in [5.41, 5.74) is 0. The largest absolute Gasteiger partial charge is 0.481 e. The van der Waals surface area contributed by atoms with Crippen LogP contribution in [0.5, 0.6) is 0 Å². The van der Waals surface area contributed by atoms with E-state index in [4.69, 9.17) is 20.4 Å². The Labute approximate surface area is 166 Å². The first kappa shape index (κ1) is 36.7. The Morgan fingerprint density at radius 1 is 0.778 bits per heavy atom. The molecule has 0 aliphatic carbocycles. The van der Waals surface area contributed by atoms with Crippen molar-refractivity contribution in [3.05, 3.63) is 0 Å². The highest BCUT2D eigenvalue weighted by Crippen LogP contribution is 1.92. The summed E-state index contributed by atoms with van der Waals surface area (Å²) in [4.78, 5) is 23.4. The van der Waals surface area contributed by atoms with Gasteiger partial charge in [-0.1, -0.05) is 34.6 Å². The molecule has 1 unspecified atom stereocenters. The number of aliphatic hydroxyl groups excluding tert-OH is 2. The van der Waals surface area contributed by atoms with E-state index in [-0.39, 0.29) is 24.5 Å². The fourth-order valence-electron chi connectivity index (χ4n) is 0.353. The van der Waals surface area contributed by atoms with E-state index in [9.17, 15) is 9.59 Å². The SMILES string of the molecule is CC(C)C(=O)O.CC(C)C(=O)O.CCC(O)CCO.CN(C)C.CN(C)C. The zero-order chi connectivity index (χ0) is 23.2. The number of hydrogen-bond acceptors (Lipinski definition) is 6. The van der Waals surface area contributed by atoms with Gasteiger partial charge in [-0.15, -0.1) is 0 Å². The van der Waals surface area contributed by atoms with E-state index in [2.05, 4.69) is 0 Å². The smallest absolute Gasteiger partial charge is 0.305 e. The zero-order valence-electron chi connectivity index (χ0n) is 19.4. The molecule has 8 nitrogen and oxygen atoms in total. The summed E-state index contributed by atoms with van der Waals surface area (Å²) in [6.07, 6.45) is 0.946. The maximum absolute atomic E-state index is 9.70. The molecule has 0 aromatic carbocycles. The summed E-state index contributed by atoms with van der Waals surface area (Å²) < 4.78 is 0. The fraction of sp³-hybridized carbons (Fsp3) is 0.895. The van der Waals surface area contributed by atoms with Crippen molar-refractivity contribution in [3.63, 3.8) is 0 Å². The molecule has 27 heavy (non-hydrogen) atoms. The highest BCUT2D eigenvalue weighted by molar-refractivity contribution is 5.69. The summed E-state index contributed by atoms with van der Waals surface area (Å²) >= 11 is 0. The molecule has 0 aliphatic heterocycles. The van der Waals surface area contributed by atoms with Gasteiger partial charge in [0.25, 0.3) is 0 Å². The molecular weight excluding hydrogens is 352 g/mol. The van der Waals surface area contributed by atoms with Crippen LogP contribution in [0.15, 0.2) is 0 Å². The topological polar surface area (TPSA) is 122 Å². The zero-order valence-corrected chi connectivity index (χ0v) is 19.4. The molecule has 0 aliphatic rings. The highest BCUT2D eigenvalue weighted by Gasteiger charge is 1.99. The maximum atomic E-state index is 9.70. The molecule has 4 N–H and O–H groups in total. The standard InChI is InChI=1S/C5H12O2.2C4H8O2.2C3H9N/c1-2-5(7)3-4-6;2*1-3(2)4(5)6;2*1-4(2)3/h5-7H,2-4H2,1H3;2*3H,1-2H3,(H,5,6);2*1-3H3. The highest BCUT2D eigenvalue weighted by atomic mass is 16.4. The Morgan fingerprint density at radius 3 is 1.00 bits per heavy atom. The molecule has 0 aromatic heterocycles. The van der Waals surface area contributed by atoms with E-state index in [0.29, 0.717) is 6.42 Å². The van der Waals surface area contributed by atoms with Crippen LogP contribution in [-0.4, -0.2) is 97.2 Å². The van der Waals surface area contributed by atoms with Crippen LogP contribution < -0.4 is 0 Å². The van der Waals surface area contributed by atoms with Gasteiger partial charge in [0.1, 0.15) is 0 Å². The van der Waals surface area contributed by atoms with Crippen LogP contribution in [0.3, 0.4) is 0 Å². The molecule has 0 radical (unpaired) electrons. The second-order valence-electron chi connectivity index (χ2n) is 7.24. The fourth-order valence-corrected chi connectivity index (χ4v) is 0.353. The van der Waals surface area contributed by atoms with Crippen LogP contribution in [0.4, 0.5) is 0 Å². The molecule has 0 heterocycles. The molecule has 1 atom stereocenters. The first-order chi connectivity index (χ1) is 12.1. The van der Waals surface area contributed by atoms with Crippen LogP contribution in [0, 0.1) is 11.8 Å². The molecule has 0 bridgehead atoms. The van der Waals surface area contributed by atoms with Gasteiger partial charge in [-0.05, 0) is 55.1 Å². The predicted octanol–water partition coefficient (Wildman–Crippen LogP) is 1.95. The van der Waals surface area contributed by atoms with Gasteiger partial charge >= 0.3 is 11.9 Å². The monoisotopic (exact) mass is 398 g/mol. The average molecular weight is 399 g/mol. The molecule has 168 valence electrons. The van der Waals surface area contributed by atoms with E-state index in [0.717, 1.165) is 6.42 Å². The number of nitrogens with zero attached hydrogens (tertiary/aromatic N) is 2. The third-order valence-corrected chi connectivity index (χ3v) is 1.92. The Kier molecular flexibility index (Phi) is 36.7. The first-order valence-electron chi connectivity index (χ1n) is 9.02. The quantitative estimate of drug-likeness (QED) is 0.554. The number of aliphatic hydroxyl groups is 2. The van der Waals surface area contributed by atoms with Gasteiger partial charge in [0, 0.05) is 6.61 Å². The van der Waals surface area contributed by atoms with E-state index >= 15 is 0 Å². The molecule has 0 fully saturated rings. The van der Waals surface area contributed by atoms with Gasteiger partial charge in [0.15, 0.2) is 0 Å². The van der Waals surface area contributed by atoms with E-state index in [1.54, 1.807) is 27.7 Å². The Hall–Kier alpha value is -1.22. The summed E-state index contributed by atoms with van der Waals surface area (Å²) in [7, 11) is 12.0. The van der Waals surface area contributed by atoms with Crippen molar-refractivity contribution in [2.45, 2.75) is 53.6 Å². The maximum Gasteiger partial charge on any atom is 0.305 e. The van der Waals surface area contributed by atoms with Gasteiger partial charge in [-0.3, -0.25) is 9.59 Å². The second kappa shape index (κ2) is 27.0. The molecule has 0 amide bonds. The van der Waals surface area contributed by atoms with Gasteiger partial charge in [-0.2, -0.15) is 0 Å². The van der Waals surface area contributed by atoms with Crippen molar-refractivity contribution >= 4 is 11.9 Å². The number of carboxylic acids is 2. The van der Waals surface area contributed by atoms with Crippen molar-refractivity contribution in [2.24, 2.45) is 11.8 Å². The van der Waals surface area contributed by atoms with Crippen LogP contribution in [0.2, 0.25) is 0 Å². The van der Waals surface area contributed by atoms with Crippen LogP contribution in [0.25, 0.3) is 0 Å². The Bertz CT molecular complexity index is 279. The van der Waals surface area contributed by atoms with Crippen LogP contribution >= 0.6 is 0 Å². The minimum absolute atomic E-state index is 0.0923. The van der Waals surface area contributed by atoms with E-state index in [1.807, 2.05) is 59.0 Å². The Balaban J connectivity index is -0.0000000761. The van der Waals surface area contributed by atoms with Crippen molar-refractivity contribution in [2.75, 3.05) is 48.9 Å². The van der Waals surface area contributed by atoms with Crippen LogP contribution in [0.1, 0.15) is 47.5 Å². The van der Waals surface area contributed by atoms with Crippen molar-refractivity contribution in [1.82, 2.24) is 9.80 Å². The number of carbonyl (C=O) groups is 2. The van der Waals surface area contributed by atoms with Gasteiger partial charge in [0.05, 0.1) is 17.9 Å². The number of hydrogen-bond donors (Lipinski definition) is 4. The molecular formula is C19H46N2O6. The molecule has 0 saturated carbocycles. The molecule has 8 heteroatoms. The lowest BCUT2D eigenvalue weighted by molar-refractivity contribution is -0.141. The normalized spacial score (nSPS) is 10.4.